The van der Waals surface area contributed by atoms with Gasteiger partial charge in [0, 0.05) is 32.6 Å². The minimum Gasteiger partial charge on any atom is -0.356 e. The molecule has 1 aliphatic rings. The summed E-state index contributed by atoms with van der Waals surface area (Å²) in [4.78, 5) is 15.7. The van der Waals surface area contributed by atoms with E-state index in [9.17, 15) is 9.18 Å². The maximum atomic E-state index is 13.5. The predicted octanol–water partition coefficient (Wildman–Crippen LogP) is 2.48. The largest absolute Gasteiger partial charge is 0.356 e. The van der Waals surface area contributed by atoms with E-state index in [1.807, 2.05) is 6.07 Å². The van der Waals surface area contributed by atoms with Crippen molar-refractivity contribution >= 4 is 35.8 Å². The molecule has 134 valence electrons. The van der Waals surface area contributed by atoms with Crippen molar-refractivity contribution in [1.29, 1.82) is 0 Å². The van der Waals surface area contributed by atoms with E-state index in [1.165, 1.54) is 6.07 Å². The number of carbonyl (C=O) groups excluding carboxylic acids is 1. The number of rotatable bonds is 7. The van der Waals surface area contributed by atoms with Crippen molar-refractivity contribution in [1.82, 2.24) is 16.0 Å². The van der Waals surface area contributed by atoms with Gasteiger partial charge in [0.1, 0.15) is 5.82 Å². The van der Waals surface area contributed by atoms with Gasteiger partial charge < -0.3 is 16.0 Å². The summed E-state index contributed by atoms with van der Waals surface area (Å²) >= 11 is 0. The first-order valence-corrected chi connectivity index (χ1v) is 8.07. The first-order chi connectivity index (χ1) is 11.1. The Morgan fingerprint density at radius 1 is 1.33 bits per heavy atom. The van der Waals surface area contributed by atoms with Crippen LogP contribution in [0.3, 0.4) is 0 Å². The molecule has 0 bridgehead atoms. The summed E-state index contributed by atoms with van der Waals surface area (Å²) in [5, 5.41) is 9.25. The third-order valence-corrected chi connectivity index (χ3v) is 3.74. The molecule has 0 saturated heterocycles. The van der Waals surface area contributed by atoms with Gasteiger partial charge in [0.15, 0.2) is 5.96 Å². The number of hydrogen-bond donors (Lipinski definition) is 3. The highest BCUT2D eigenvalue weighted by atomic mass is 127. The zero-order chi connectivity index (χ0) is 16.7. The highest BCUT2D eigenvalue weighted by molar-refractivity contribution is 14.0. The zero-order valence-corrected chi connectivity index (χ0v) is 16.5. The molecule has 0 aliphatic heterocycles. The summed E-state index contributed by atoms with van der Waals surface area (Å²) < 4.78 is 13.5. The number of nitrogens with zero attached hydrogens (tertiary/aromatic N) is 1. The van der Waals surface area contributed by atoms with Crippen molar-refractivity contribution in [2.24, 2.45) is 4.99 Å². The lowest BCUT2D eigenvalue weighted by Crippen LogP contribution is -2.37. The smallest absolute Gasteiger partial charge is 0.220 e. The molecule has 1 aromatic carbocycles. The van der Waals surface area contributed by atoms with Crippen LogP contribution in [-0.2, 0) is 11.3 Å². The quantitative estimate of drug-likeness (QED) is 0.260. The van der Waals surface area contributed by atoms with Crippen LogP contribution >= 0.6 is 24.0 Å². The van der Waals surface area contributed by atoms with Gasteiger partial charge in [-0.2, -0.15) is 0 Å². The Hall–Kier alpha value is -1.38. The first kappa shape index (κ1) is 20.7. The zero-order valence-electron chi connectivity index (χ0n) is 14.2. The normalized spacial score (nSPS) is 13.9. The maximum absolute atomic E-state index is 13.5. The standard InChI is InChI=1S/C17H25FN4O.HI/c1-12-5-6-13(10-15(12)18)11-21-17(19-2)20-9-3-4-16(23)22-14-7-8-14;/h5-6,10,14H,3-4,7-9,11H2,1-2H3,(H,22,23)(H2,19,20,21);1H. The lowest BCUT2D eigenvalue weighted by Gasteiger charge is -2.12. The van der Waals surface area contributed by atoms with E-state index in [0.29, 0.717) is 37.1 Å². The molecule has 1 aromatic rings. The Morgan fingerprint density at radius 3 is 2.71 bits per heavy atom. The monoisotopic (exact) mass is 448 g/mol. The second kappa shape index (κ2) is 10.5. The molecule has 0 radical (unpaired) electrons. The Balaban J connectivity index is 0.00000288. The number of amides is 1. The number of nitrogens with one attached hydrogen (secondary N) is 3. The number of carbonyl (C=O) groups is 1. The fourth-order valence-corrected chi connectivity index (χ4v) is 2.14. The number of benzene rings is 1. The van der Waals surface area contributed by atoms with Gasteiger partial charge in [-0.3, -0.25) is 9.79 Å². The van der Waals surface area contributed by atoms with Crippen LogP contribution in [0, 0.1) is 12.7 Å². The molecule has 0 heterocycles. The topological polar surface area (TPSA) is 65.5 Å². The summed E-state index contributed by atoms with van der Waals surface area (Å²) in [5.41, 5.74) is 1.50. The van der Waals surface area contributed by atoms with Gasteiger partial charge in [-0.1, -0.05) is 12.1 Å². The minimum atomic E-state index is -0.200. The average molecular weight is 448 g/mol. The van der Waals surface area contributed by atoms with E-state index >= 15 is 0 Å². The number of guanidine groups is 1. The summed E-state index contributed by atoms with van der Waals surface area (Å²) in [6, 6.07) is 5.60. The van der Waals surface area contributed by atoms with E-state index in [2.05, 4.69) is 20.9 Å². The van der Waals surface area contributed by atoms with Gasteiger partial charge in [0.05, 0.1) is 0 Å². The number of aliphatic imine (C=N–C) groups is 1. The summed E-state index contributed by atoms with van der Waals surface area (Å²) in [5.74, 6) is 0.565. The van der Waals surface area contributed by atoms with E-state index < -0.39 is 0 Å². The van der Waals surface area contributed by atoms with Gasteiger partial charge in [-0.05, 0) is 43.4 Å². The van der Waals surface area contributed by atoms with Crippen molar-refractivity contribution < 1.29 is 9.18 Å². The van der Waals surface area contributed by atoms with E-state index in [0.717, 1.165) is 24.8 Å². The summed E-state index contributed by atoms with van der Waals surface area (Å²) in [7, 11) is 1.69. The molecule has 2 rings (SSSR count). The molecule has 0 aromatic heterocycles. The maximum Gasteiger partial charge on any atom is 0.220 e. The Kier molecular flexibility index (Phi) is 9.02. The third kappa shape index (κ3) is 7.46. The third-order valence-electron chi connectivity index (χ3n) is 3.74. The highest BCUT2D eigenvalue weighted by Crippen LogP contribution is 2.18. The molecule has 0 spiro atoms. The number of hydrogen-bond acceptors (Lipinski definition) is 2. The summed E-state index contributed by atoms with van der Waals surface area (Å²) in [6.45, 7) is 2.91. The van der Waals surface area contributed by atoms with Crippen molar-refractivity contribution in [2.45, 2.75) is 45.2 Å². The molecule has 1 fully saturated rings. The Bertz CT molecular complexity index is 576. The van der Waals surface area contributed by atoms with Crippen LogP contribution < -0.4 is 16.0 Å². The minimum absolute atomic E-state index is 0. The van der Waals surface area contributed by atoms with Crippen molar-refractivity contribution in [3.05, 3.63) is 35.1 Å². The average Bonchev–Trinajstić information content (AvgIpc) is 3.34. The van der Waals surface area contributed by atoms with E-state index in [4.69, 9.17) is 0 Å². The highest BCUT2D eigenvalue weighted by Gasteiger charge is 2.22. The fraction of sp³-hybridized carbons (Fsp3) is 0.529. The number of aryl methyl sites for hydroxylation is 1. The van der Waals surface area contributed by atoms with E-state index in [1.54, 1.807) is 20.0 Å². The molecule has 24 heavy (non-hydrogen) atoms. The molecule has 1 saturated carbocycles. The molecular weight excluding hydrogens is 422 g/mol. The lowest BCUT2D eigenvalue weighted by molar-refractivity contribution is -0.121. The van der Waals surface area contributed by atoms with Gasteiger partial charge in [0.25, 0.3) is 0 Å². The molecular formula is C17H26FIN4O. The first-order valence-electron chi connectivity index (χ1n) is 8.07. The molecule has 3 N–H and O–H groups in total. The van der Waals surface area contributed by atoms with Crippen LogP contribution in [0.25, 0.3) is 0 Å². The van der Waals surface area contributed by atoms with Crippen molar-refractivity contribution in [3.63, 3.8) is 0 Å². The van der Waals surface area contributed by atoms with Gasteiger partial charge in [-0.15, -0.1) is 24.0 Å². The fourth-order valence-electron chi connectivity index (χ4n) is 2.14. The molecule has 0 atom stereocenters. The van der Waals surface area contributed by atoms with Crippen LogP contribution in [0.1, 0.15) is 36.8 Å². The van der Waals surface area contributed by atoms with Gasteiger partial charge in [-0.25, -0.2) is 4.39 Å². The Labute approximate surface area is 159 Å². The molecule has 0 unspecified atom stereocenters. The van der Waals surface area contributed by atoms with Crippen molar-refractivity contribution in [3.8, 4) is 0 Å². The summed E-state index contributed by atoms with van der Waals surface area (Å²) in [6.07, 6.45) is 3.49. The SMILES string of the molecule is CN=C(NCCCC(=O)NC1CC1)NCc1ccc(C)c(F)c1.I. The predicted molar refractivity (Wildman–Crippen MR) is 105 cm³/mol. The van der Waals surface area contributed by atoms with Crippen LogP contribution in [0.5, 0.6) is 0 Å². The van der Waals surface area contributed by atoms with Crippen LogP contribution in [0.4, 0.5) is 4.39 Å². The van der Waals surface area contributed by atoms with Crippen LogP contribution in [0.15, 0.2) is 23.2 Å². The van der Waals surface area contributed by atoms with Crippen molar-refractivity contribution in [2.75, 3.05) is 13.6 Å². The van der Waals surface area contributed by atoms with Gasteiger partial charge >= 0.3 is 0 Å². The molecule has 7 heteroatoms. The van der Waals surface area contributed by atoms with Crippen LogP contribution in [0.2, 0.25) is 0 Å². The second-order valence-electron chi connectivity index (χ2n) is 5.88. The second-order valence-corrected chi connectivity index (χ2v) is 5.88. The van der Waals surface area contributed by atoms with Crippen LogP contribution in [-0.4, -0.2) is 31.5 Å². The molecule has 1 aliphatic carbocycles. The molecule has 1 amide bonds. The lowest BCUT2D eigenvalue weighted by atomic mass is 10.1. The number of halogens is 2. The van der Waals surface area contributed by atoms with Gasteiger partial charge in [0.2, 0.25) is 5.91 Å². The Morgan fingerprint density at radius 2 is 2.08 bits per heavy atom. The van der Waals surface area contributed by atoms with E-state index in [-0.39, 0.29) is 35.7 Å². The molecule has 5 nitrogen and oxygen atoms in total.